The Bertz CT molecular complexity index is 745. The smallest absolute Gasteiger partial charge is 0.305 e. The Balaban J connectivity index is 2.12. The average molecular weight is 348 g/mol. The number of hydrogen-bond acceptors (Lipinski definition) is 5. The zero-order valence-electron chi connectivity index (χ0n) is 14.3. The first-order valence-electron chi connectivity index (χ1n) is 7.65. The maximum Gasteiger partial charge on any atom is 0.305 e. The first-order valence-corrected chi connectivity index (χ1v) is 7.65. The molecule has 0 aromatic heterocycles. The Morgan fingerprint density at radius 3 is 2.48 bits per heavy atom. The van der Waals surface area contributed by atoms with Gasteiger partial charge in [-0.25, -0.2) is 0 Å². The van der Waals surface area contributed by atoms with Gasteiger partial charge in [-0.1, -0.05) is 11.6 Å². The van der Waals surface area contributed by atoms with E-state index >= 15 is 0 Å². The SMILES string of the molecule is COCC(C)(CC(=O)O)NC(=O)CN1C(=O)c2ccc(C)cc2C1=O. The Morgan fingerprint density at radius 2 is 1.88 bits per heavy atom. The second kappa shape index (κ2) is 7.02. The van der Waals surface area contributed by atoms with Gasteiger partial charge in [-0.15, -0.1) is 0 Å². The molecule has 8 heteroatoms. The molecule has 1 aliphatic heterocycles. The number of carboxylic acids is 1. The number of nitrogens with zero attached hydrogens (tertiary/aromatic N) is 1. The Kier molecular flexibility index (Phi) is 5.22. The van der Waals surface area contributed by atoms with Gasteiger partial charge >= 0.3 is 5.97 Å². The number of carbonyl (C=O) groups excluding carboxylic acids is 3. The van der Waals surface area contributed by atoms with Gasteiger partial charge in [-0.2, -0.15) is 0 Å². The van der Waals surface area contributed by atoms with Gasteiger partial charge in [0, 0.05) is 7.11 Å². The van der Waals surface area contributed by atoms with Crippen LogP contribution in [-0.4, -0.2) is 59.5 Å². The predicted octanol–water partition coefficient (Wildman–Crippen LogP) is 0.587. The van der Waals surface area contributed by atoms with Gasteiger partial charge in [0.2, 0.25) is 5.91 Å². The number of ether oxygens (including phenoxy) is 1. The topological polar surface area (TPSA) is 113 Å². The average Bonchev–Trinajstić information content (AvgIpc) is 2.71. The number of fused-ring (bicyclic) bond motifs is 1. The van der Waals surface area contributed by atoms with Crippen LogP contribution in [0, 0.1) is 6.92 Å². The number of methoxy groups -OCH3 is 1. The van der Waals surface area contributed by atoms with Crippen LogP contribution in [-0.2, 0) is 14.3 Å². The highest BCUT2D eigenvalue weighted by atomic mass is 16.5. The lowest BCUT2D eigenvalue weighted by molar-refractivity contribution is -0.139. The van der Waals surface area contributed by atoms with Crippen molar-refractivity contribution < 1.29 is 29.0 Å². The van der Waals surface area contributed by atoms with Crippen LogP contribution in [0.1, 0.15) is 39.6 Å². The molecule has 0 fully saturated rings. The van der Waals surface area contributed by atoms with Gasteiger partial charge < -0.3 is 15.2 Å². The molecule has 1 atom stereocenters. The molecular weight excluding hydrogens is 328 g/mol. The molecule has 8 nitrogen and oxygen atoms in total. The number of hydrogen-bond donors (Lipinski definition) is 2. The molecule has 0 spiro atoms. The Labute approximate surface area is 144 Å². The van der Waals surface area contributed by atoms with Crippen molar-refractivity contribution in [3.05, 3.63) is 34.9 Å². The first kappa shape index (κ1) is 18.6. The van der Waals surface area contributed by atoms with Gasteiger partial charge in [-0.05, 0) is 26.0 Å². The molecule has 3 amide bonds. The molecular formula is C17H20N2O6. The van der Waals surface area contributed by atoms with Crippen LogP contribution in [0.5, 0.6) is 0 Å². The molecule has 1 unspecified atom stereocenters. The summed E-state index contributed by atoms with van der Waals surface area (Å²) in [6, 6.07) is 4.88. The van der Waals surface area contributed by atoms with Crippen LogP contribution in [0.2, 0.25) is 0 Å². The molecule has 0 aliphatic carbocycles. The van der Waals surface area contributed by atoms with Crippen LogP contribution in [0.25, 0.3) is 0 Å². The molecule has 1 aromatic carbocycles. The summed E-state index contributed by atoms with van der Waals surface area (Å²) >= 11 is 0. The molecule has 0 saturated heterocycles. The summed E-state index contributed by atoms with van der Waals surface area (Å²) in [6.45, 7) is 2.82. The number of carbonyl (C=O) groups is 4. The van der Waals surface area contributed by atoms with Crippen LogP contribution >= 0.6 is 0 Å². The standard InChI is InChI=1S/C17H20N2O6/c1-10-4-5-11-12(6-10)16(24)19(15(11)23)8-13(20)18-17(2,9-25-3)7-14(21)22/h4-6H,7-9H2,1-3H3,(H,18,20)(H,21,22). The van der Waals surface area contributed by atoms with E-state index in [0.29, 0.717) is 0 Å². The summed E-state index contributed by atoms with van der Waals surface area (Å²) in [5, 5.41) is 11.5. The van der Waals surface area contributed by atoms with Crippen molar-refractivity contribution in [1.29, 1.82) is 0 Å². The lowest BCUT2D eigenvalue weighted by Crippen LogP contribution is -2.53. The number of aliphatic carboxylic acids is 1. The molecule has 0 saturated carbocycles. The third kappa shape index (κ3) is 4.03. The molecule has 134 valence electrons. The van der Waals surface area contributed by atoms with Gasteiger partial charge in [0.1, 0.15) is 6.54 Å². The number of rotatable bonds is 7. The minimum atomic E-state index is -1.15. The fourth-order valence-electron chi connectivity index (χ4n) is 2.85. The van der Waals surface area contributed by atoms with E-state index in [-0.39, 0.29) is 24.2 Å². The Hall–Kier alpha value is -2.74. The van der Waals surface area contributed by atoms with Crippen LogP contribution in [0.4, 0.5) is 0 Å². The van der Waals surface area contributed by atoms with Gasteiger partial charge in [-0.3, -0.25) is 24.1 Å². The minimum absolute atomic E-state index is 0.0215. The van der Waals surface area contributed by atoms with Gasteiger partial charge in [0.25, 0.3) is 11.8 Å². The lowest BCUT2D eigenvalue weighted by Gasteiger charge is -2.29. The summed E-state index contributed by atoms with van der Waals surface area (Å²) in [7, 11) is 1.39. The lowest BCUT2D eigenvalue weighted by atomic mass is 9.99. The summed E-state index contributed by atoms with van der Waals surface area (Å²) < 4.78 is 4.96. The van der Waals surface area contributed by atoms with Crippen molar-refractivity contribution in [1.82, 2.24) is 10.2 Å². The largest absolute Gasteiger partial charge is 0.481 e. The minimum Gasteiger partial charge on any atom is -0.481 e. The molecule has 25 heavy (non-hydrogen) atoms. The van der Waals surface area contributed by atoms with Crippen molar-refractivity contribution in [3.8, 4) is 0 Å². The van der Waals surface area contributed by atoms with Crippen molar-refractivity contribution in [2.45, 2.75) is 25.8 Å². The molecule has 1 heterocycles. The zero-order chi connectivity index (χ0) is 18.8. The van der Waals surface area contributed by atoms with E-state index < -0.39 is 35.8 Å². The molecule has 2 rings (SSSR count). The molecule has 0 radical (unpaired) electrons. The van der Waals surface area contributed by atoms with Gasteiger partial charge in [0.15, 0.2) is 0 Å². The maximum atomic E-state index is 12.4. The number of benzene rings is 1. The predicted molar refractivity (Wildman–Crippen MR) is 87.2 cm³/mol. The summed E-state index contributed by atoms with van der Waals surface area (Å²) in [6.07, 6.45) is -0.353. The normalized spacial score (nSPS) is 15.7. The van der Waals surface area contributed by atoms with E-state index in [9.17, 15) is 19.2 Å². The van der Waals surface area contributed by atoms with Crippen molar-refractivity contribution >= 4 is 23.7 Å². The molecule has 0 bridgehead atoms. The Morgan fingerprint density at radius 1 is 1.24 bits per heavy atom. The molecule has 1 aliphatic rings. The van der Waals surface area contributed by atoms with Crippen LogP contribution in [0.15, 0.2) is 18.2 Å². The second-order valence-corrected chi connectivity index (χ2v) is 6.36. The molecule has 2 N–H and O–H groups in total. The van der Waals surface area contributed by atoms with E-state index in [4.69, 9.17) is 9.84 Å². The number of aryl methyl sites for hydroxylation is 1. The number of nitrogens with one attached hydrogen (secondary N) is 1. The van der Waals surface area contributed by atoms with E-state index in [1.807, 2.05) is 0 Å². The maximum absolute atomic E-state index is 12.4. The van der Waals surface area contributed by atoms with Crippen molar-refractivity contribution in [3.63, 3.8) is 0 Å². The second-order valence-electron chi connectivity index (χ2n) is 6.36. The van der Waals surface area contributed by atoms with Gasteiger partial charge in [0.05, 0.1) is 29.7 Å². The third-order valence-electron chi connectivity index (χ3n) is 3.87. The fraction of sp³-hybridized carbons (Fsp3) is 0.412. The van der Waals surface area contributed by atoms with Crippen LogP contribution < -0.4 is 5.32 Å². The summed E-state index contributed by atoms with van der Waals surface area (Å²) in [5.74, 6) is -2.81. The van der Waals surface area contributed by atoms with E-state index in [2.05, 4.69) is 5.32 Å². The highest BCUT2D eigenvalue weighted by molar-refractivity contribution is 6.22. The van der Waals surface area contributed by atoms with E-state index in [1.54, 1.807) is 25.1 Å². The zero-order valence-corrected chi connectivity index (χ0v) is 14.3. The number of imide groups is 1. The van der Waals surface area contributed by atoms with E-state index in [1.165, 1.54) is 14.0 Å². The highest BCUT2D eigenvalue weighted by Gasteiger charge is 2.38. The number of carboxylic acid groups (broad SMARTS) is 1. The first-order chi connectivity index (χ1) is 11.7. The number of amides is 3. The van der Waals surface area contributed by atoms with Crippen LogP contribution in [0.3, 0.4) is 0 Å². The van der Waals surface area contributed by atoms with Crippen molar-refractivity contribution in [2.24, 2.45) is 0 Å². The summed E-state index contributed by atoms with van der Waals surface area (Å²) in [4.78, 5) is 48.8. The highest BCUT2D eigenvalue weighted by Crippen LogP contribution is 2.23. The summed E-state index contributed by atoms with van der Waals surface area (Å²) in [5.41, 5.74) is 0.212. The van der Waals surface area contributed by atoms with Crippen molar-refractivity contribution in [2.75, 3.05) is 20.3 Å². The third-order valence-corrected chi connectivity index (χ3v) is 3.87. The van der Waals surface area contributed by atoms with E-state index in [0.717, 1.165) is 10.5 Å². The monoisotopic (exact) mass is 348 g/mol. The molecule has 1 aromatic rings. The quantitative estimate of drug-likeness (QED) is 0.697. The fourth-order valence-corrected chi connectivity index (χ4v) is 2.85.